The molecule has 1 heterocycles. The minimum Gasteiger partial charge on any atom is -0.388 e. The number of aliphatic hydroxyl groups is 2. The SMILES string of the molecule is C[C@@H]1O[C@H](C=C(F)Br)[C@H](O)C1O. The molecule has 1 aliphatic heterocycles. The summed E-state index contributed by atoms with van der Waals surface area (Å²) in [5.74, 6) is 0. The normalized spacial score (nSPS) is 43.6. The first-order chi connectivity index (χ1) is 5.52. The summed E-state index contributed by atoms with van der Waals surface area (Å²) in [7, 11) is 0. The van der Waals surface area contributed by atoms with E-state index in [1.54, 1.807) is 6.92 Å². The second kappa shape index (κ2) is 3.83. The highest BCUT2D eigenvalue weighted by atomic mass is 79.9. The number of rotatable bonds is 1. The molecule has 12 heavy (non-hydrogen) atoms. The second-order valence-electron chi connectivity index (χ2n) is 2.74. The molecule has 70 valence electrons. The highest BCUT2D eigenvalue weighted by Crippen LogP contribution is 2.23. The largest absolute Gasteiger partial charge is 0.388 e. The van der Waals surface area contributed by atoms with Crippen molar-refractivity contribution in [3.05, 3.63) is 10.8 Å². The number of hydrogen-bond acceptors (Lipinski definition) is 3. The van der Waals surface area contributed by atoms with E-state index in [0.717, 1.165) is 6.08 Å². The van der Waals surface area contributed by atoms with Gasteiger partial charge in [0, 0.05) is 0 Å². The maximum absolute atomic E-state index is 12.3. The maximum atomic E-state index is 12.3. The molecule has 1 aliphatic rings. The van der Waals surface area contributed by atoms with E-state index in [9.17, 15) is 14.6 Å². The van der Waals surface area contributed by atoms with Gasteiger partial charge in [0.25, 0.3) is 0 Å². The first-order valence-electron chi connectivity index (χ1n) is 3.57. The maximum Gasteiger partial charge on any atom is 0.164 e. The average Bonchev–Trinajstić information content (AvgIpc) is 2.17. The van der Waals surface area contributed by atoms with Crippen molar-refractivity contribution in [1.29, 1.82) is 0 Å². The summed E-state index contributed by atoms with van der Waals surface area (Å²) in [6, 6.07) is 0. The Morgan fingerprint density at radius 3 is 2.42 bits per heavy atom. The fourth-order valence-electron chi connectivity index (χ4n) is 1.14. The molecule has 0 radical (unpaired) electrons. The van der Waals surface area contributed by atoms with Crippen molar-refractivity contribution in [2.75, 3.05) is 0 Å². The summed E-state index contributed by atoms with van der Waals surface area (Å²) in [4.78, 5) is 0. The lowest BCUT2D eigenvalue weighted by Gasteiger charge is -2.09. The van der Waals surface area contributed by atoms with Crippen LogP contribution in [0, 0.1) is 0 Å². The summed E-state index contributed by atoms with van der Waals surface area (Å²) >= 11 is 2.57. The van der Waals surface area contributed by atoms with Crippen molar-refractivity contribution in [2.24, 2.45) is 0 Å². The molecule has 1 saturated heterocycles. The Labute approximate surface area is 78.0 Å². The van der Waals surface area contributed by atoms with E-state index in [2.05, 4.69) is 15.9 Å². The zero-order valence-electron chi connectivity index (χ0n) is 6.45. The number of hydrogen-bond donors (Lipinski definition) is 2. The van der Waals surface area contributed by atoms with Crippen LogP contribution in [-0.2, 0) is 4.74 Å². The third-order valence-electron chi connectivity index (χ3n) is 1.83. The molecule has 1 fully saturated rings. The van der Waals surface area contributed by atoms with Crippen LogP contribution in [0.25, 0.3) is 0 Å². The molecule has 0 aromatic heterocycles. The van der Waals surface area contributed by atoms with Gasteiger partial charge in [0.2, 0.25) is 0 Å². The average molecular weight is 241 g/mol. The molecule has 1 rings (SSSR count). The summed E-state index contributed by atoms with van der Waals surface area (Å²) < 4.78 is 16.7. The molecular weight excluding hydrogens is 231 g/mol. The Morgan fingerprint density at radius 2 is 2.08 bits per heavy atom. The Hall–Kier alpha value is 0.0300. The van der Waals surface area contributed by atoms with Gasteiger partial charge < -0.3 is 14.9 Å². The molecule has 0 saturated carbocycles. The first-order valence-corrected chi connectivity index (χ1v) is 4.36. The predicted molar refractivity (Wildman–Crippen MR) is 44.5 cm³/mol. The van der Waals surface area contributed by atoms with E-state index in [1.807, 2.05) is 0 Å². The molecule has 0 aliphatic carbocycles. The van der Waals surface area contributed by atoms with Crippen molar-refractivity contribution in [3.8, 4) is 0 Å². The first kappa shape index (κ1) is 10.1. The molecule has 0 bridgehead atoms. The van der Waals surface area contributed by atoms with Crippen molar-refractivity contribution >= 4 is 15.9 Å². The Kier molecular flexibility index (Phi) is 3.22. The van der Waals surface area contributed by atoms with E-state index in [4.69, 9.17) is 4.74 Å². The van der Waals surface area contributed by atoms with E-state index < -0.39 is 29.2 Å². The standard InChI is InChI=1S/C7H10BrFO3/c1-3-6(10)7(11)4(12-3)2-5(8)9/h2-4,6-7,10-11H,1H3/t3-,4+,6?,7-/m0/s1. The van der Waals surface area contributed by atoms with Gasteiger partial charge in [-0.25, -0.2) is 0 Å². The van der Waals surface area contributed by atoms with E-state index >= 15 is 0 Å². The van der Waals surface area contributed by atoms with Crippen molar-refractivity contribution in [3.63, 3.8) is 0 Å². The molecule has 3 nitrogen and oxygen atoms in total. The minimum absolute atomic E-state index is 0.465. The number of halogens is 2. The van der Waals surface area contributed by atoms with Crippen LogP contribution < -0.4 is 0 Å². The van der Waals surface area contributed by atoms with Crippen LogP contribution in [0.1, 0.15) is 6.92 Å². The lowest BCUT2D eigenvalue weighted by atomic mass is 10.1. The summed E-state index contributed by atoms with van der Waals surface area (Å²) in [5.41, 5.74) is 0. The smallest absolute Gasteiger partial charge is 0.164 e. The number of ether oxygens (including phenoxy) is 1. The van der Waals surface area contributed by atoms with Gasteiger partial charge in [-0.2, -0.15) is 4.39 Å². The molecule has 4 atom stereocenters. The van der Waals surface area contributed by atoms with E-state index in [-0.39, 0.29) is 0 Å². The highest BCUT2D eigenvalue weighted by molar-refractivity contribution is 9.11. The quantitative estimate of drug-likeness (QED) is 0.710. The Bertz CT molecular complexity index is 193. The summed E-state index contributed by atoms with van der Waals surface area (Å²) in [5, 5.41) is 18.5. The fourth-order valence-corrected chi connectivity index (χ4v) is 1.40. The van der Waals surface area contributed by atoms with Gasteiger partial charge >= 0.3 is 0 Å². The van der Waals surface area contributed by atoms with Crippen LogP contribution in [-0.4, -0.2) is 34.6 Å². The van der Waals surface area contributed by atoms with Gasteiger partial charge in [0.1, 0.15) is 18.3 Å². The van der Waals surface area contributed by atoms with Crippen LogP contribution >= 0.6 is 15.9 Å². The van der Waals surface area contributed by atoms with Gasteiger partial charge in [-0.15, -0.1) is 0 Å². The van der Waals surface area contributed by atoms with Crippen LogP contribution in [0.3, 0.4) is 0 Å². The number of aliphatic hydroxyl groups excluding tert-OH is 2. The Morgan fingerprint density at radius 1 is 1.50 bits per heavy atom. The second-order valence-corrected chi connectivity index (χ2v) is 3.50. The third kappa shape index (κ3) is 2.04. The monoisotopic (exact) mass is 240 g/mol. The molecule has 2 N–H and O–H groups in total. The molecule has 5 heteroatoms. The zero-order chi connectivity index (χ0) is 9.30. The van der Waals surface area contributed by atoms with Gasteiger partial charge in [-0.1, -0.05) is 0 Å². The Balaban J connectivity index is 2.65. The van der Waals surface area contributed by atoms with Gasteiger partial charge in [0.15, 0.2) is 4.74 Å². The van der Waals surface area contributed by atoms with Crippen molar-refractivity contribution in [2.45, 2.75) is 31.3 Å². The van der Waals surface area contributed by atoms with Crippen LogP contribution in [0.2, 0.25) is 0 Å². The van der Waals surface area contributed by atoms with Crippen LogP contribution in [0.15, 0.2) is 10.8 Å². The molecule has 1 unspecified atom stereocenters. The lowest BCUT2D eigenvalue weighted by Crippen LogP contribution is -2.30. The van der Waals surface area contributed by atoms with E-state index in [1.165, 1.54) is 0 Å². The fraction of sp³-hybridized carbons (Fsp3) is 0.714. The summed E-state index contributed by atoms with van der Waals surface area (Å²) in [6.45, 7) is 1.62. The van der Waals surface area contributed by atoms with E-state index in [0.29, 0.717) is 0 Å². The van der Waals surface area contributed by atoms with Gasteiger partial charge in [-0.05, 0) is 28.9 Å². The molecule has 0 aromatic rings. The highest BCUT2D eigenvalue weighted by Gasteiger charge is 2.39. The molecule has 0 aromatic carbocycles. The minimum atomic E-state index is -1.05. The van der Waals surface area contributed by atoms with Gasteiger partial charge in [0.05, 0.1) is 6.10 Å². The molecule has 0 spiro atoms. The molecular formula is C7H10BrFO3. The van der Waals surface area contributed by atoms with Crippen LogP contribution in [0.5, 0.6) is 0 Å². The topological polar surface area (TPSA) is 49.7 Å². The zero-order valence-corrected chi connectivity index (χ0v) is 8.03. The van der Waals surface area contributed by atoms with Crippen molar-refractivity contribution in [1.82, 2.24) is 0 Å². The van der Waals surface area contributed by atoms with Crippen molar-refractivity contribution < 1.29 is 19.3 Å². The summed E-state index contributed by atoms with van der Waals surface area (Å²) in [6.07, 6.45) is -2.15. The van der Waals surface area contributed by atoms with Crippen LogP contribution in [0.4, 0.5) is 4.39 Å². The lowest BCUT2D eigenvalue weighted by molar-refractivity contribution is 0.0316. The van der Waals surface area contributed by atoms with Gasteiger partial charge in [-0.3, -0.25) is 0 Å². The third-order valence-corrected chi connectivity index (χ3v) is 2.09. The molecule has 0 amide bonds. The predicted octanol–water partition coefficient (Wildman–Crippen LogP) is 0.701.